The molecule has 0 aliphatic carbocycles. The lowest BCUT2D eigenvalue weighted by molar-refractivity contribution is 0.669. The van der Waals surface area contributed by atoms with Gasteiger partial charge in [-0.3, -0.25) is 0 Å². The topological polar surface area (TPSA) is 56.7 Å². The van der Waals surface area contributed by atoms with Crippen molar-refractivity contribution in [2.24, 2.45) is 0 Å². The highest BCUT2D eigenvalue weighted by molar-refractivity contribution is 6.69. The normalized spacial score (nSPS) is 11.7. The average molecular weight is 683 g/mol. The predicted molar refractivity (Wildman–Crippen MR) is 260 cm³/mol. The third kappa shape index (κ3) is 5.04. The predicted octanol–water partition coefficient (Wildman–Crippen LogP) is -7.55. The lowest BCUT2D eigenvalue weighted by Crippen LogP contribution is -2.55. The Bertz CT molecular complexity index is 2880. The summed E-state index contributed by atoms with van der Waals surface area (Å²) in [5, 5.41) is 4.55. The third-order valence-corrected chi connectivity index (χ3v) is 12.6. The van der Waals surface area contributed by atoms with E-state index in [0.29, 0.717) is 17.5 Å². The fraction of sp³-hybridized carbons (Fsp3) is 0. The number of hydrogen-bond acceptors (Lipinski definition) is 4. The van der Waals surface area contributed by atoms with Gasteiger partial charge in [0.2, 0.25) is 0 Å². The van der Waals surface area contributed by atoms with E-state index in [2.05, 4.69) is 168 Å². The molecule has 9 rings (SSSR count). The van der Waals surface area contributed by atoms with Crippen molar-refractivity contribution in [3.8, 4) is 39.9 Å². The molecule has 0 aliphatic heterocycles. The number of nitrogens with zero attached hydrogens (tertiary/aromatic N) is 4. The van der Waals surface area contributed by atoms with Crippen molar-refractivity contribution in [3.63, 3.8) is 0 Å². The second-order valence-electron chi connectivity index (χ2n) is 15.2. The summed E-state index contributed by atoms with van der Waals surface area (Å²) in [7, 11) is 22.0. The van der Waals surface area contributed by atoms with E-state index >= 15 is 0 Å². The molecule has 0 aliphatic rings. The summed E-state index contributed by atoms with van der Waals surface area (Å²) in [6, 6.07) is 30.1. The second-order valence-corrected chi connectivity index (χ2v) is 15.2. The molecular formula is C39H34B10N4O. The molecule has 0 bridgehead atoms. The molecule has 6 aromatic carbocycles. The van der Waals surface area contributed by atoms with E-state index in [4.69, 9.17) is 19.4 Å². The number of hydrogen-bond donors (Lipinski definition) is 0. The minimum absolute atomic E-state index is 0.647. The van der Waals surface area contributed by atoms with Gasteiger partial charge in [0.05, 0.1) is 11.0 Å². The Hall–Kier alpha value is -5.42. The Labute approximate surface area is 324 Å². The van der Waals surface area contributed by atoms with Crippen LogP contribution >= 0.6 is 0 Å². The molecule has 0 unspecified atom stereocenters. The van der Waals surface area contributed by atoms with E-state index in [-0.39, 0.29) is 0 Å². The van der Waals surface area contributed by atoms with Gasteiger partial charge in [-0.05, 0) is 48.5 Å². The molecule has 0 fully saturated rings. The van der Waals surface area contributed by atoms with Crippen LogP contribution in [0.15, 0.2) is 89.3 Å². The molecule has 0 N–H and O–H groups in total. The van der Waals surface area contributed by atoms with Crippen molar-refractivity contribution in [1.29, 1.82) is 0 Å². The summed E-state index contributed by atoms with van der Waals surface area (Å²) < 4.78 is 8.80. The van der Waals surface area contributed by atoms with Crippen LogP contribution < -0.4 is 54.6 Å². The number of furan rings is 1. The molecule has 9 aromatic rings. The number of benzene rings is 6. The van der Waals surface area contributed by atoms with Crippen LogP contribution in [0.1, 0.15) is 0 Å². The van der Waals surface area contributed by atoms with E-state index < -0.39 is 0 Å². The molecule has 54 heavy (non-hydrogen) atoms. The highest BCUT2D eigenvalue weighted by Gasteiger charge is 2.22. The summed E-state index contributed by atoms with van der Waals surface area (Å²) in [6.07, 6.45) is 0. The Morgan fingerprint density at radius 2 is 0.796 bits per heavy atom. The molecule has 246 valence electrons. The van der Waals surface area contributed by atoms with Gasteiger partial charge in [0.25, 0.3) is 0 Å². The summed E-state index contributed by atoms with van der Waals surface area (Å²) in [5.74, 6) is 2.06. The van der Waals surface area contributed by atoms with Crippen LogP contribution in [0.5, 0.6) is 0 Å². The molecule has 3 aromatic heterocycles. The van der Waals surface area contributed by atoms with Crippen LogP contribution in [-0.2, 0) is 0 Å². The van der Waals surface area contributed by atoms with Gasteiger partial charge in [0.1, 0.15) is 89.6 Å². The van der Waals surface area contributed by atoms with E-state index in [1.54, 1.807) is 0 Å². The summed E-state index contributed by atoms with van der Waals surface area (Å²) in [6.45, 7) is 0. The summed E-state index contributed by atoms with van der Waals surface area (Å²) >= 11 is 0. The molecule has 15 heteroatoms. The van der Waals surface area contributed by atoms with Crippen LogP contribution in [0.4, 0.5) is 0 Å². The number of para-hydroxylation sites is 2. The second kappa shape index (κ2) is 12.6. The Balaban J connectivity index is 1.29. The van der Waals surface area contributed by atoms with Crippen molar-refractivity contribution in [3.05, 3.63) is 84.9 Å². The molecule has 0 atom stereocenters. The fourth-order valence-corrected chi connectivity index (χ4v) is 8.64. The molecule has 0 amide bonds. The van der Waals surface area contributed by atoms with Gasteiger partial charge >= 0.3 is 0 Å². The van der Waals surface area contributed by atoms with Crippen molar-refractivity contribution in [2.45, 2.75) is 0 Å². The van der Waals surface area contributed by atoms with Gasteiger partial charge < -0.3 is 8.98 Å². The minimum atomic E-state index is 0.647. The van der Waals surface area contributed by atoms with E-state index in [1.807, 2.05) is 0 Å². The Kier molecular flexibility index (Phi) is 8.00. The van der Waals surface area contributed by atoms with Crippen LogP contribution in [0.25, 0.3) is 83.6 Å². The van der Waals surface area contributed by atoms with Gasteiger partial charge in [-0.2, -0.15) is 0 Å². The van der Waals surface area contributed by atoms with Crippen LogP contribution in [-0.4, -0.2) is 98.0 Å². The lowest BCUT2D eigenvalue weighted by atomic mass is 9.60. The maximum Gasteiger partial charge on any atom is 0.164 e. The number of aromatic nitrogens is 4. The largest absolute Gasteiger partial charge is 0.456 e. The first kappa shape index (κ1) is 34.4. The van der Waals surface area contributed by atoms with E-state index in [1.165, 1.54) is 76.4 Å². The summed E-state index contributed by atoms with van der Waals surface area (Å²) in [4.78, 5) is 15.9. The van der Waals surface area contributed by atoms with Gasteiger partial charge in [-0.15, -0.1) is 32.8 Å². The number of rotatable bonds is 4. The monoisotopic (exact) mass is 684 g/mol. The zero-order chi connectivity index (χ0) is 37.7. The quantitative estimate of drug-likeness (QED) is 0.173. The van der Waals surface area contributed by atoms with Gasteiger partial charge in [-0.25, -0.2) is 15.0 Å². The maximum absolute atomic E-state index is 6.45. The molecule has 0 radical (unpaired) electrons. The first-order valence-corrected chi connectivity index (χ1v) is 18.8. The molecule has 0 spiro atoms. The fourth-order valence-electron chi connectivity index (χ4n) is 8.64. The van der Waals surface area contributed by atoms with Gasteiger partial charge in [-0.1, -0.05) is 58.2 Å². The smallest absolute Gasteiger partial charge is 0.164 e. The van der Waals surface area contributed by atoms with Crippen molar-refractivity contribution in [2.75, 3.05) is 0 Å². The van der Waals surface area contributed by atoms with Gasteiger partial charge in [0.15, 0.2) is 17.5 Å². The van der Waals surface area contributed by atoms with Crippen molar-refractivity contribution >= 4 is 177 Å². The zero-order valence-electron chi connectivity index (χ0n) is 32.8. The Morgan fingerprint density at radius 1 is 0.389 bits per heavy atom. The van der Waals surface area contributed by atoms with Crippen LogP contribution in [0, 0.1) is 0 Å². The average Bonchev–Trinajstić information content (AvgIpc) is 3.73. The minimum Gasteiger partial charge on any atom is -0.456 e. The molecule has 0 saturated heterocycles. The molecular weight excluding hydrogens is 649 g/mol. The van der Waals surface area contributed by atoms with Crippen molar-refractivity contribution in [1.82, 2.24) is 19.5 Å². The molecule has 0 saturated carbocycles. The Morgan fingerprint density at radius 3 is 1.30 bits per heavy atom. The third-order valence-electron chi connectivity index (χ3n) is 12.6. The maximum atomic E-state index is 6.45. The van der Waals surface area contributed by atoms with E-state index in [9.17, 15) is 0 Å². The summed E-state index contributed by atoms with van der Waals surface area (Å²) in [5.41, 5.74) is 20.8. The van der Waals surface area contributed by atoms with Gasteiger partial charge in [0, 0.05) is 43.9 Å². The number of fused-ring (bicyclic) bond motifs is 6. The first-order chi connectivity index (χ1) is 25.9. The standard InChI is InChI=1S/C39H34B10N4O/c40-27-25(28(41)32(45)35(48)31(27)44)38-50-37(51-39(52-38)26-29(42)33(46)36(49)34(47)30(26)43)15-9-11-23-19(13-15)20-14-16(10-12-24(20)54-23)53-21-7-3-1-5-17(21)18-6-2-4-8-22(18)53/h1-14H,40-49H2. The first-order valence-electron chi connectivity index (χ1n) is 18.8. The SMILES string of the molecule is Bc1c(B)c(B)c(-c2nc(-c3ccc4oc5ccc(-n6c7ccccc7c7ccccc76)cc5c4c3)nc(-c3c(B)c(B)c(B)c(B)c3B)n2)c(B)c1B. The molecule has 3 heterocycles. The van der Waals surface area contributed by atoms with Crippen LogP contribution in [0.3, 0.4) is 0 Å². The highest BCUT2D eigenvalue weighted by atomic mass is 16.3. The van der Waals surface area contributed by atoms with Crippen molar-refractivity contribution < 1.29 is 4.42 Å². The highest BCUT2D eigenvalue weighted by Crippen LogP contribution is 2.36. The molecule has 5 nitrogen and oxygen atoms in total. The van der Waals surface area contributed by atoms with Crippen LogP contribution in [0.2, 0.25) is 0 Å². The zero-order valence-corrected chi connectivity index (χ0v) is 32.8. The lowest BCUT2D eigenvalue weighted by Gasteiger charge is -2.22. The van der Waals surface area contributed by atoms with E-state index in [0.717, 1.165) is 44.3 Å².